The molecule has 100 valence electrons. The molecule has 0 saturated heterocycles. The SMILES string of the molecule is CCCCNC(=O)CN(CCC(N)=S)C(C)C. The Kier molecular flexibility index (Phi) is 8.99. The summed E-state index contributed by atoms with van der Waals surface area (Å²) in [6, 6.07) is 0.321. The van der Waals surface area contributed by atoms with Crippen molar-refractivity contribution in [2.75, 3.05) is 19.6 Å². The Morgan fingerprint density at radius 3 is 2.59 bits per heavy atom. The molecule has 0 radical (unpaired) electrons. The van der Waals surface area contributed by atoms with Gasteiger partial charge in [-0.25, -0.2) is 0 Å². The molecule has 1 amide bonds. The number of nitrogens with zero attached hydrogens (tertiary/aromatic N) is 1. The van der Waals surface area contributed by atoms with E-state index < -0.39 is 0 Å². The van der Waals surface area contributed by atoms with Gasteiger partial charge in [0.15, 0.2) is 0 Å². The van der Waals surface area contributed by atoms with Gasteiger partial charge in [-0.1, -0.05) is 25.6 Å². The molecule has 4 nitrogen and oxygen atoms in total. The van der Waals surface area contributed by atoms with Crippen molar-refractivity contribution >= 4 is 23.1 Å². The van der Waals surface area contributed by atoms with Crippen molar-refractivity contribution in [3.8, 4) is 0 Å². The van der Waals surface area contributed by atoms with Crippen molar-refractivity contribution < 1.29 is 4.79 Å². The minimum absolute atomic E-state index is 0.0788. The first-order chi connectivity index (χ1) is 7.97. The highest BCUT2D eigenvalue weighted by Gasteiger charge is 2.13. The topological polar surface area (TPSA) is 58.4 Å². The molecule has 0 fully saturated rings. The Morgan fingerprint density at radius 1 is 1.47 bits per heavy atom. The van der Waals surface area contributed by atoms with Gasteiger partial charge in [0.2, 0.25) is 5.91 Å². The van der Waals surface area contributed by atoms with Crippen LogP contribution in [0.2, 0.25) is 0 Å². The molecule has 0 spiro atoms. The Bertz CT molecular complexity index is 244. The maximum atomic E-state index is 11.7. The maximum absolute atomic E-state index is 11.7. The highest BCUT2D eigenvalue weighted by Crippen LogP contribution is 1.99. The molecule has 17 heavy (non-hydrogen) atoms. The van der Waals surface area contributed by atoms with E-state index in [1.165, 1.54) is 0 Å². The molecule has 3 N–H and O–H groups in total. The number of carbonyl (C=O) groups excluding carboxylic acids is 1. The van der Waals surface area contributed by atoms with Gasteiger partial charge in [0.25, 0.3) is 0 Å². The van der Waals surface area contributed by atoms with Gasteiger partial charge in [-0.15, -0.1) is 0 Å². The molecule has 5 heteroatoms. The van der Waals surface area contributed by atoms with Gasteiger partial charge in [-0.3, -0.25) is 9.69 Å². The van der Waals surface area contributed by atoms with Gasteiger partial charge < -0.3 is 11.1 Å². The van der Waals surface area contributed by atoms with Crippen LogP contribution < -0.4 is 11.1 Å². The lowest BCUT2D eigenvalue weighted by Gasteiger charge is -2.25. The van der Waals surface area contributed by atoms with Crippen molar-refractivity contribution in [2.24, 2.45) is 5.73 Å². The summed E-state index contributed by atoms with van der Waals surface area (Å²) >= 11 is 4.85. The van der Waals surface area contributed by atoms with E-state index in [0.717, 1.165) is 25.9 Å². The van der Waals surface area contributed by atoms with Crippen LogP contribution in [0.5, 0.6) is 0 Å². The third kappa shape index (κ3) is 9.06. The van der Waals surface area contributed by atoms with Crippen molar-refractivity contribution in [1.29, 1.82) is 0 Å². The lowest BCUT2D eigenvalue weighted by Crippen LogP contribution is -2.42. The Morgan fingerprint density at radius 2 is 2.12 bits per heavy atom. The van der Waals surface area contributed by atoms with Crippen LogP contribution in [-0.4, -0.2) is 41.5 Å². The average molecular weight is 259 g/mol. The molecule has 0 bridgehead atoms. The fourth-order valence-electron chi connectivity index (χ4n) is 1.42. The Balaban J connectivity index is 3.97. The summed E-state index contributed by atoms with van der Waals surface area (Å²) in [5.41, 5.74) is 5.47. The van der Waals surface area contributed by atoms with E-state index in [2.05, 4.69) is 31.0 Å². The Labute approximate surface area is 110 Å². The first kappa shape index (κ1) is 16.3. The van der Waals surface area contributed by atoms with E-state index in [-0.39, 0.29) is 5.91 Å². The molecule has 0 aliphatic carbocycles. The van der Waals surface area contributed by atoms with Crippen molar-refractivity contribution in [3.05, 3.63) is 0 Å². The summed E-state index contributed by atoms with van der Waals surface area (Å²) < 4.78 is 0. The molecular weight excluding hydrogens is 234 g/mol. The highest BCUT2D eigenvalue weighted by molar-refractivity contribution is 7.80. The summed E-state index contributed by atoms with van der Waals surface area (Å²) in [6.07, 6.45) is 2.78. The van der Waals surface area contributed by atoms with Gasteiger partial charge in [-0.2, -0.15) is 0 Å². The molecular formula is C12H25N3OS. The maximum Gasteiger partial charge on any atom is 0.234 e. The second-order valence-corrected chi connectivity index (χ2v) is 5.01. The van der Waals surface area contributed by atoms with Crippen LogP contribution in [0, 0.1) is 0 Å². The minimum atomic E-state index is 0.0788. The molecule has 0 aliphatic heterocycles. The van der Waals surface area contributed by atoms with E-state index in [1.54, 1.807) is 0 Å². The molecule has 0 saturated carbocycles. The van der Waals surface area contributed by atoms with Crippen LogP contribution in [0.15, 0.2) is 0 Å². The van der Waals surface area contributed by atoms with Gasteiger partial charge in [0.05, 0.1) is 11.5 Å². The zero-order valence-corrected chi connectivity index (χ0v) is 12.0. The van der Waals surface area contributed by atoms with Crippen LogP contribution >= 0.6 is 12.2 Å². The van der Waals surface area contributed by atoms with Gasteiger partial charge >= 0.3 is 0 Å². The monoisotopic (exact) mass is 259 g/mol. The predicted octanol–water partition coefficient (Wildman–Crippen LogP) is 1.29. The van der Waals surface area contributed by atoms with Crippen LogP contribution in [-0.2, 0) is 4.79 Å². The quantitative estimate of drug-likeness (QED) is 0.484. The molecule has 0 aromatic carbocycles. The molecule has 0 aromatic heterocycles. The number of nitrogens with two attached hydrogens (primary N) is 1. The number of unbranched alkanes of at least 4 members (excludes halogenated alkanes) is 1. The lowest BCUT2D eigenvalue weighted by molar-refractivity contribution is -0.122. The summed E-state index contributed by atoms with van der Waals surface area (Å²) in [7, 11) is 0. The van der Waals surface area contributed by atoms with Gasteiger partial charge in [-0.05, 0) is 20.3 Å². The second-order valence-electron chi connectivity index (χ2n) is 4.48. The van der Waals surface area contributed by atoms with E-state index >= 15 is 0 Å². The zero-order chi connectivity index (χ0) is 13.3. The van der Waals surface area contributed by atoms with Gasteiger partial charge in [0.1, 0.15) is 0 Å². The molecule has 0 rings (SSSR count). The molecule has 0 atom stereocenters. The summed E-state index contributed by atoms with van der Waals surface area (Å²) in [4.78, 5) is 14.2. The molecule has 0 heterocycles. The average Bonchev–Trinajstić information content (AvgIpc) is 2.23. The summed E-state index contributed by atoms with van der Waals surface area (Å²) in [5, 5.41) is 2.91. The smallest absolute Gasteiger partial charge is 0.234 e. The van der Waals surface area contributed by atoms with Crippen LogP contribution in [0.3, 0.4) is 0 Å². The number of amides is 1. The standard InChI is InChI=1S/C12H25N3OS/c1-4-5-7-14-12(16)9-15(10(2)3)8-6-11(13)17/h10H,4-9H2,1-3H3,(H2,13,17)(H,14,16). The predicted molar refractivity (Wildman–Crippen MR) is 76.0 cm³/mol. The van der Waals surface area contributed by atoms with Crippen LogP contribution in [0.25, 0.3) is 0 Å². The number of nitrogens with one attached hydrogen (secondary N) is 1. The van der Waals surface area contributed by atoms with E-state index in [1.807, 2.05) is 0 Å². The van der Waals surface area contributed by atoms with Gasteiger partial charge in [0, 0.05) is 25.6 Å². The number of hydrogen-bond acceptors (Lipinski definition) is 3. The third-order valence-electron chi connectivity index (χ3n) is 2.57. The van der Waals surface area contributed by atoms with E-state index in [4.69, 9.17) is 18.0 Å². The second kappa shape index (κ2) is 9.36. The van der Waals surface area contributed by atoms with Crippen molar-refractivity contribution in [1.82, 2.24) is 10.2 Å². The first-order valence-electron chi connectivity index (χ1n) is 6.26. The lowest BCUT2D eigenvalue weighted by atomic mass is 10.2. The van der Waals surface area contributed by atoms with Crippen molar-refractivity contribution in [2.45, 2.75) is 46.1 Å². The summed E-state index contributed by atoms with van der Waals surface area (Å²) in [5.74, 6) is 0.0788. The Hall–Kier alpha value is -0.680. The molecule has 0 aromatic rings. The largest absolute Gasteiger partial charge is 0.393 e. The normalized spacial score (nSPS) is 10.9. The van der Waals surface area contributed by atoms with Crippen molar-refractivity contribution in [3.63, 3.8) is 0 Å². The number of rotatable bonds is 9. The van der Waals surface area contributed by atoms with E-state index in [9.17, 15) is 4.79 Å². The molecule has 0 aliphatic rings. The zero-order valence-electron chi connectivity index (χ0n) is 11.2. The first-order valence-corrected chi connectivity index (χ1v) is 6.67. The van der Waals surface area contributed by atoms with Crippen LogP contribution in [0.1, 0.15) is 40.0 Å². The highest BCUT2D eigenvalue weighted by atomic mass is 32.1. The molecule has 0 unspecified atom stereocenters. The fourth-order valence-corrected chi connectivity index (χ4v) is 1.51. The summed E-state index contributed by atoms with van der Waals surface area (Å²) in [6.45, 7) is 8.17. The minimum Gasteiger partial charge on any atom is -0.393 e. The number of carbonyl (C=O) groups is 1. The number of hydrogen-bond donors (Lipinski definition) is 2. The number of thiocarbonyl (C=S) groups is 1. The fraction of sp³-hybridized carbons (Fsp3) is 0.833. The van der Waals surface area contributed by atoms with E-state index in [0.29, 0.717) is 24.0 Å². The third-order valence-corrected chi connectivity index (χ3v) is 2.78. The van der Waals surface area contributed by atoms with Crippen LogP contribution in [0.4, 0.5) is 0 Å².